The van der Waals surface area contributed by atoms with Gasteiger partial charge >= 0.3 is 0 Å². The second kappa shape index (κ2) is 9.10. The maximum Gasteiger partial charge on any atom is 0.234 e. The van der Waals surface area contributed by atoms with E-state index in [0.29, 0.717) is 31.3 Å². The zero-order valence-electron chi connectivity index (χ0n) is 16.8. The number of rotatable bonds is 6. The molecule has 0 spiro atoms. The minimum absolute atomic E-state index is 0.118. The van der Waals surface area contributed by atoms with Gasteiger partial charge < -0.3 is 10.2 Å². The van der Waals surface area contributed by atoms with Crippen LogP contribution in [0.1, 0.15) is 11.4 Å². The highest BCUT2D eigenvalue weighted by atomic mass is 32.2. The predicted octanol–water partition coefficient (Wildman–Crippen LogP) is 1.91. The van der Waals surface area contributed by atoms with Crippen LogP contribution in [-0.2, 0) is 14.8 Å². The molecule has 0 radical (unpaired) electrons. The molecule has 1 aliphatic rings. The van der Waals surface area contributed by atoms with Crippen LogP contribution < -0.4 is 10.2 Å². The van der Waals surface area contributed by atoms with Gasteiger partial charge in [-0.25, -0.2) is 18.4 Å². The van der Waals surface area contributed by atoms with E-state index in [2.05, 4.69) is 20.2 Å². The van der Waals surface area contributed by atoms with E-state index in [0.717, 1.165) is 22.8 Å². The molecule has 1 aromatic carbocycles. The van der Waals surface area contributed by atoms with Crippen molar-refractivity contribution in [1.29, 1.82) is 0 Å². The van der Waals surface area contributed by atoms with Crippen LogP contribution in [0.5, 0.6) is 0 Å². The zero-order valence-corrected chi connectivity index (χ0v) is 18.4. The van der Waals surface area contributed by atoms with Crippen molar-refractivity contribution in [2.45, 2.75) is 19.0 Å². The smallest absolute Gasteiger partial charge is 0.234 e. The summed E-state index contributed by atoms with van der Waals surface area (Å²) in [5, 5.41) is 3.48. The number of carbonyl (C=O) groups excluding carboxylic acids is 1. The minimum atomic E-state index is -3.13. The van der Waals surface area contributed by atoms with Gasteiger partial charge in [0.1, 0.15) is 0 Å². The molecule has 1 fully saturated rings. The maximum absolute atomic E-state index is 12.2. The Kier molecular flexibility index (Phi) is 6.76. The second-order valence-corrected chi connectivity index (χ2v) is 9.89. The molecule has 0 bridgehead atoms. The van der Waals surface area contributed by atoms with Gasteiger partial charge in [0.05, 0.1) is 12.0 Å². The monoisotopic (exact) mass is 435 g/mol. The second-order valence-electron chi connectivity index (χ2n) is 6.97. The molecule has 3 rings (SSSR count). The summed E-state index contributed by atoms with van der Waals surface area (Å²) in [5.74, 6) is 0.116. The molecule has 0 aliphatic carbocycles. The van der Waals surface area contributed by atoms with E-state index in [-0.39, 0.29) is 11.7 Å². The zero-order chi connectivity index (χ0) is 21.0. The van der Waals surface area contributed by atoms with Gasteiger partial charge in [0.25, 0.3) is 0 Å². The highest BCUT2D eigenvalue weighted by Gasteiger charge is 2.23. The lowest BCUT2D eigenvalue weighted by molar-refractivity contribution is -0.113. The molecular weight excluding hydrogens is 410 g/mol. The van der Waals surface area contributed by atoms with Crippen LogP contribution in [0.2, 0.25) is 0 Å². The van der Waals surface area contributed by atoms with Crippen LogP contribution in [0, 0.1) is 13.8 Å². The lowest BCUT2D eigenvalue weighted by Gasteiger charge is -2.34. The third-order valence-corrected chi connectivity index (χ3v) is 6.67. The standard InChI is InChI=1S/C19H25N5O3S2/c1-14-12-15(2)21-19(20-14)28-13-18(25)22-16-4-6-17(7-5-16)23-8-10-24(11-9-23)29(3,26)27/h4-7,12H,8-11,13H2,1-3H3,(H,22,25). The van der Waals surface area contributed by atoms with E-state index in [1.807, 2.05) is 44.2 Å². The Morgan fingerprint density at radius 1 is 1.07 bits per heavy atom. The number of nitrogens with one attached hydrogen (secondary N) is 1. The van der Waals surface area contributed by atoms with Crippen molar-refractivity contribution in [3.8, 4) is 0 Å². The van der Waals surface area contributed by atoms with Crippen LogP contribution >= 0.6 is 11.8 Å². The van der Waals surface area contributed by atoms with Gasteiger partial charge in [-0.2, -0.15) is 4.31 Å². The van der Waals surface area contributed by atoms with E-state index >= 15 is 0 Å². The molecule has 1 aromatic heterocycles. The Bertz CT molecular complexity index is 952. The predicted molar refractivity (Wildman–Crippen MR) is 116 cm³/mol. The van der Waals surface area contributed by atoms with Crippen molar-refractivity contribution in [3.63, 3.8) is 0 Å². The average molecular weight is 436 g/mol. The Labute approximate surface area is 175 Å². The number of carbonyl (C=O) groups is 1. The Morgan fingerprint density at radius 3 is 2.21 bits per heavy atom. The number of hydrogen-bond donors (Lipinski definition) is 1. The number of benzene rings is 1. The van der Waals surface area contributed by atoms with E-state index in [1.165, 1.54) is 22.3 Å². The summed E-state index contributed by atoms with van der Waals surface area (Å²) in [7, 11) is -3.13. The number of nitrogens with zero attached hydrogens (tertiary/aromatic N) is 4. The van der Waals surface area contributed by atoms with Crippen molar-refractivity contribution in [1.82, 2.24) is 14.3 Å². The molecular formula is C19H25N5O3S2. The van der Waals surface area contributed by atoms with Crippen molar-refractivity contribution in [2.24, 2.45) is 0 Å². The maximum atomic E-state index is 12.2. The number of piperazine rings is 1. The fourth-order valence-corrected chi connectivity index (χ4v) is 4.69. The third kappa shape index (κ3) is 6.15. The van der Waals surface area contributed by atoms with Gasteiger partial charge in [0.2, 0.25) is 15.9 Å². The molecule has 1 saturated heterocycles. The van der Waals surface area contributed by atoms with Crippen molar-refractivity contribution in [2.75, 3.05) is 48.4 Å². The number of thioether (sulfide) groups is 1. The number of anilines is 2. The van der Waals surface area contributed by atoms with E-state index in [1.54, 1.807) is 0 Å². The van der Waals surface area contributed by atoms with Crippen molar-refractivity contribution < 1.29 is 13.2 Å². The van der Waals surface area contributed by atoms with Gasteiger partial charge in [0, 0.05) is 48.9 Å². The third-order valence-electron chi connectivity index (χ3n) is 4.52. The molecule has 0 atom stereocenters. The number of hydrogen-bond acceptors (Lipinski definition) is 7. The Balaban J connectivity index is 1.50. The molecule has 0 unspecified atom stereocenters. The van der Waals surface area contributed by atoms with Crippen molar-refractivity contribution in [3.05, 3.63) is 41.7 Å². The first kappa shape index (κ1) is 21.5. The van der Waals surface area contributed by atoms with Crippen LogP contribution in [0.4, 0.5) is 11.4 Å². The van der Waals surface area contributed by atoms with Gasteiger partial charge in [-0.05, 0) is 44.2 Å². The molecule has 1 amide bonds. The molecule has 1 aliphatic heterocycles. The number of amides is 1. The number of aryl methyl sites for hydroxylation is 2. The Hall–Kier alpha value is -2.17. The molecule has 156 valence electrons. The first-order valence-electron chi connectivity index (χ1n) is 9.26. The minimum Gasteiger partial charge on any atom is -0.369 e. The molecule has 8 nitrogen and oxygen atoms in total. The summed E-state index contributed by atoms with van der Waals surface area (Å²) in [4.78, 5) is 23.0. The lowest BCUT2D eigenvalue weighted by atomic mass is 10.2. The fourth-order valence-electron chi connectivity index (χ4n) is 3.12. The SMILES string of the molecule is Cc1cc(C)nc(SCC(=O)Nc2ccc(N3CCN(S(C)(=O)=O)CC3)cc2)n1. The van der Waals surface area contributed by atoms with Gasteiger partial charge in [-0.15, -0.1) is 0 Å². The molecule has 2 aromatic rings. The topological polar surface area (TPSA) is 95.5 Å². The van der Waals surface area contributed by atoms with Gasteiger partial charge in [-0.3, -0.25) is 4.79 Å². The normalized spacial score (nSPS) is 15.3. The molecule has 1 N–H and O–H groups in total. The van der Waals surface area contributed by atoms with Crippen LogP contribution in [0.15, 0.2) is 35.5 Å². The molecule has 0 saturated carbocycles. The first-order valence-corrected chi connectivity index (χ1v) is 12.1. The number of sulfonamides is 1. The van der Waals surface area contributed by atoms with Crippen LogP contribution in [0.3, 0.4) is 0 Å². The fraction of sp³-hybridized carbons (Fsp3) is 0.421. The highest BCUT2D eigenvalue weighted by Crippen LogP contribution is 2.21. The molecule has 10 heteroatoms. The summed E-state index contributed by atoms with van der Waals surface area (Å²) in [6.07, 6.45) is 1.24. The van der Waals surface area contributed by atoms with Gasteiger partial charge in [0.15, 0.2) is 5.16 Å². The first-order chi connectivity index (χ1) is 13.7. The number of aromatic nitrogens is 2. The summed E-state index contributed by atoms with van der Waals surface area (Å²) in [6.45, 7) is 6.06. The van der Waals surface area contributed by atoms with E-state index < -0.39 is 10.0 Å². The molecule has 2 heterocycles. The van der Waals surface area contributed by atoms with Crippen LogP contribution in [0.25, 0.3) is 0 Å². The summed E-state index contributed by atoms with van der Waals surface area (Å²) >= 11 is 1.31. The Morgan fingerprint density at radius 2 is 1.66 bits per heavy atom. The molecule has 29 heavy (non-hydrogen) atoms. The van der Waals surface area contributed by atoms with E-state index in [4.69, 9.17) is 0 Å². The van der Waals surface area contributed by atoms with Crippen LogP contribution in [-0.4, -0.2) is 66.8 Å². The highest BCUT2D eigenvalue weighted by molar-refractivity contribution is 7.99. The largest absolute Gasteiger partial charge is 0.369 e. The van der Waals surface area contributed by atoms with Crippen molar-refractivity contribution >= 4 is 39.1 Å². The summed E-state index contributed by atoms with van der Waals surface area (Å²) in [5.41, 5.74) is 3.49. The summed E-state index contributed by atoms with van der Waals surface area (Å²) < 4.78 is 24.7. The van der Waals surface area contributed by atoms with Gasteiger partial charge in [-0.1, -0.05) is 11.8 Å². The lowest BCUT2D eigenvalue weighted by Crippen LogP contribution is -2.48. The quantitative estimate of drug-likeness (QED) is 0.547. The average Bonchev–Trinajstić information content (AvgIpc) is 2.66. The van der Waals surface area contributed by atoms with E-state index in [9.17, 15) is 13.2 Å². The summed E-state index contributed by atoms with van der Waals surface area (Å²) in [6, 6.07) is 9.48.